The molecule has 0 radical (unpaired) electrons. The van der Waals surface area contributed by atoms with Crippen LogP contribution in [0.4, 0.5) is 23.0 Å². The normalized spacial score (nSPS) is 13.9. The van der Waals surface area contributed by atoms with E-state index in [1.807, 2.05) is 18.2 Å². The van der Waals surface area contributed by atoms with Crippen LogP contribution in [0.1, 0.15) is 12.5 Å². The van der Waals surface area contributed by atoms with Crippen molar-refractivity contribution >= 4 is 23.0 Å². The molecule has 0 aliphatic carbocycles. The summed E-state index contributed by atoms with van der Waals surface area (Å²) in [5, 5.41) is 3.49. The number of rotatable bonds is 7. The molecule has 1 aliphatic heterocycles. The molecular formula is C23H27N5O. The molecular weight excluding hydrogens is 362 g/mol. The quantitative estimate of drug-likeness (QED) is 0.657. The second-order valence-corrected chi connectivity index (χ2v) is 7.00. The number of nitrogens with zero attached hydrogens (tertiary/aromatic N) is 4. The van der Waals surface area contributed by atoms with Crippen LogP contribution in [0, 0.1) is 0 Å². The predicted octanol–water partition coefficient (Wildman–Crippen LogP) is 4.08. The first-order valence-corrected chi connectivity index (χ1v) is 10.1. The second kappa shape index (κ2) is 9.39. The molecule has 0 spiro atoms. The van der Waals surface area contributed by atoms with Gasteiger partial charge < -0.3 is 19.9 Å². The molecule has 150 valence electrons. The summed E-state index contributed by atoms with van der Waals surface area (Å²) in [5.74, 6) is 1.71. The van der Waals surface area contributed by atoms with Crippen molar-refractivity contribution in [3.8, 4) is 0 Å². The Morgan fingerprint density at radius 1 is 1.00 bits per heavy atom. The third-order valence-corrected chi connectivity index (χ3v) is 5.09. The first kappa shape index (κ1) is 19.2. The molecule has 3 aromatic rings. The molecule has 1 fully saturated rings. The maximum Gasteiger partial charge on any atom is 0.135 e. The fraction of sp³-hybridized carbons (Fsp3) is 0.304. The average Bonchev–Trinajstić information content (AvgIpc) is 2.79. The minimum atomic E-state index is 0.761. The van der Waals surface area contributed by atoms with Gasteiger partial charge in [-0.3, -0.25) is 0 Å². The summed E-state index contributed by atoms with van der Waals surface area (Å²) in [4.78, 5) is 13.6. The summed E-state index contributed by atoms with van der Waals surface area (Å²) < 4.78 is 5.49. The van der Waals surface area contributed by atoms with Crippen LogP contribution >= 0.6 is 0 Å². The summed E-state index contributed by atoms with van der Waals surface area (Å²) >= 11 is 0. The van der Waals surface area contributed by atoms with E-state index >= 15 is 0 Å². The van der Waals surface area contributed by atoms with Crippen molar-refractivity contribution in [2.75, 3.05) is 48.0 Å². The lowest BCUT2D eigenvalue weighted by molar-refractivity contribution is 0.123. The van der Waals surface area contributed by atoms with Crippen LogP contribution in [-0.2, 0) is 11.3 Å². The second-order valence-electron chi connectivity index (χ2n) is 7.00. The van der Waals surface area contributed by atoms with Crippen molar-refractivity contribution in [1.82, 2.24) is 9.97 Å². The highest BCUT2D eigenvalue weighted by Crippen LogP contribution is 2.29. The Balaban J connectivity index is 1.53. The largest absolute Gasteiger partial charge is 0.378 e. The molecule has 2 aromatic carbocycles. The summed E-state index contributed by atoms with van der Waals surface area (Å²) in [5.41, 5.74) is 3.48. The van der Waals surface area contributed by atoms with Gasteiger partial charge in [-0.05, 0) is 24.6 Å². The number of benzene rings is 2. The Labute approximate surface area is 172 Å². The van der Waals surface area contributed by atoms with E-state index < -0.39 is 0 Å². The minimum absolute atomic E-state index is 0.761. The Morgan fingerprint density at radius 2 is 1.76 bits per heavy atom. The summed E-state index contributed by atoms with van der Waals surface area (Å²) in [6.45, 7) is 7.15. The lowest BCUT2D eigenvalue weighted by atomic mass is 10.2. The number of morpholine rings is 1. The number of hydrogen-bond donors (Lipinski definition) is 1. The number of nitrogens with one attached hydrogen (secondary N) is 1. The topological polar surface area (TPSA) is 53.5 Å². The predicted molar refractivity (Wildman–Crippen MR) is 118 cm³/mol. The van der Waals surface area contributed by atoms with E-state index in [9.17, 15) is 0 Å². The Kier molecular flexibility index (Phi) is 6.22. The fourth-order valence-corrected chi connectivity index (χ4v) is 3.54. The Bertz CT molecular complexity index is 912. The number of hydrogen-bond acceptors (Lipinski definition) is 6. The molecule has 0 bridgehead atoms. The zero-order valence-electron chi connectivity index (χ0n) is 16.8. The average molecular weight is 390 g/mol. The van der Waals surface area contributed by atoms with Crippen LogP contribution in [0.25, 0.3) is 0 Å². The number of aromatic nitrogens is 2. The molecule has 0 saturated carbocycles. The van der Waals surface area contributed by atoms with Crippen molar-refractivity contribution in [1.29, 1.82) is 0 Å². The monoisotopic (exact) mass is 389 g/mol. The van der Waals surface area contributed by atoms with Gasteiger partial charge in [0.2, 0.25) is 0 Å². The van der Waals surface area contributed by atoms with Gasteiger partial charge in [0.05, 0.1) is 24.6 Å². The van der Waals surface area contributed by atoms with Crippen LogP contribution in [-0.4, -0.2) is 42.8 Å². The van der Waals surface area contributed by atoms with Gasteiger partial charge in [0.1, 0.15) is 18.0 Å². The third kappa shape index (κ3) is 4.84. The van der Waals surface area contributed by atoms with E-state index in [-0.39, 0.29) is 0 Å². The van der Waals surface area contributed by atoms with Gasteiger partial charge in [0.15, 0.2) is 0 Å². The van der Waals surface area contributed by atoms with E-state index in [0.29, 0.717) is 0 Å². The molecule has 1 aromatic heterocycles. The smallest absolute Gasteiger partial charge is 0.135 e. The molecule has 6 nitrogen and oxygen atoms in total. The minimum Gasteiger partial charge on any atom is -0.378 e. The fourth-order valence-electron chi connectivity index (χ4n) is 3.54. The highest BCUT2D eigenvalue weighted by molar-refractivity contribution is 5.74. The first-order chi connectivity index (χ1) is 14.3. The van der Waals surface area contributed by atoms with Crippen molar-refractivity contribution < 1.29 is 4.74 Å². The van der Waals surface area contributed by atoms with Crippen LogP contribution in [0.3, 0.4) is 0 Å². The molecule has 0 atom stereocenters. The zero-order chi connectivity index (χ0) is 19.9. The molecule has 4 rings (SSSR count). The van der Waals surface area contributed by atoms with Crippen LogP contribution in [0.5, 0.6) is 0 Å². The van der Waals surface area contributed by atoms with E-state index in [0.717, 1.165) is 56.7 Å². The molecule has 1 aliphatic rings. The molecule has 2 heterocycles. The lowest BCUT2D eigenvalue weighted by Gasteiger charge is -2.30. The molecule has 1 N–H and O–H groups in total. The summed E-state index contributed by atoms with van der Waals surface area (Å²) in [6, 6.07) is 20.8. The van der Waals surface area contributed by atoms with Gasteiger partial charge in [0.25, 0.3) is 0 Å². The maximum absolute atomic E-state index is 5.49. The zero-order valence-corrected chi connectivity index (χ0v) is 16.8. The van der Waals surface area contributed by atoms with Gasteiger partial charge in [-0.15, -0.1) is 0 Å². The summed E-state index contributed by atoms with van der Waals surface area (Å²) in [7, 11) is 0. The number of anilines is 4. The van der Waals surface area contributed by atoms with Gasteiger partial charge in [-0.25, -0.2) is 9.97 Å². The van der Waals surface area contributed by atoms with Gasteiger partial charge in [-0.1, -0.05) is 42.5 Å². The standard InChI is InChI=1S/C23H27N5O/c1-2-27(17-19-8-4-3-5-9-19)23-16-22(24-18-25-23)26-20-10-6-7-11-21(20)28-12-14-29-15-13-28/h3-11,16,18H,2,12-15,17H2,1H3,(H,24,25,26). The Morgan fingerprint density at radius 3 is 2.55 bits per heavy atom. The maximum atomic E-state index is 5.49. The van der Waals surface area contributed by atoms with Crippen LogP contribution in [0.2, 0.25) is 0 Å². The van der Waals surface area contributed by atoms with Gasteiger partial charge >= 0.3 is 0 Å². The van der Waals surface area contributed by atoms with Gasteiger partial charge in [0, 0.05) is 32.2 Å². The van der Waals surface area contributed by atoms with Crippen LogP contribution < -0.4 is 15.1 Å². The lowest BCUT2D eigenvalue weighted by Crippen LogP contribution is -2.36. The van der Waals surface area contributed by atoms with Crippen molar-refractivity contribution in [2.45, 2.75) is 13.5 Å². The van der Waals surface area contributed by atoms with Crippen molar-refractivity contribution in [3.05, 3.63) is 72.6 Å². The van der Waals surface area contributed by atoms with Crippen LogP contribution in [0.15, 0.2) is 67.0 Å². The van der Waals surface area contributed by atoms with E-state index in [4.69, 9.17) is 4.74 Å². The SMILES string of the molecule is CCN(Cc1ccccc1)c1cc(Nc2ccccc2N2CCOCC2)ncn1. The highest BCUT2D eigenvalue weighted by Gasteiger charge is 2.15. The number of para-hydroxylation sites is 2. The highest BCUT2D eigenvalue weighted by atomic mass is 16.5. The molecule has 6 heteroatoms. The number of ether oxygens (including phenoxy) is 1. The summed E-state index contributed by atoms with van der Waals surface area (Å²) in [6.07, 6.45) is 1.63. The first-order valence-electron chi connectivity index (χ1n) is 10.1. The molecule has 0 amide bonds. The molecule has 1 saturated heterocycles. The molecule has 0 unspecified atom stereocenters. The van der Waals surface area contributed by atoms with E-state index in [1.165, 1.54) is 11.3 Å². The van der Waals surface area contributed by atoms with E-state index in [1.54, 1.807) is 6.33 Å². The van der Waals surface area contributed by atoms with Crippen molar-refractivity contribution in [3.63, 3.8) is 0 Å². The van der Waals surface area contributed by atoms with Gasteiger partial charge in [-0.2, -0.15) is 0 Å². The third-order valence-electron chi connectivity index (χ3n) is 5.09. The molecule has 29 heavy (non-hydrogen) atoms. The van der Waals surface area contributed by atoms with Crippen molar-refractivity contribution in [2.24, 2.45) is 0 Å². The Hall–Kier alpha value is -3.12. The van der Waals surface area contributed by atoms with E-state index in [2.05, 4.69) is 74.5 Å².